The van der Waals surface area contributed by atoms with Gasteiger partial charge in [-0.1, -0.05) is 19.9 Å². The standard InChI is InChI=1S/C16H17BrF2N2O2/c1-9(2)7-21-15(22)14(17)10(3)20(16(21)23)8-11-12(18)5-4-6-13(11)19/h4-6,9H,7-8H2,1-3H3. The van der Waals surface area contributed by atoms with Crippen LogP contribution in [0.2, 0.25) is 0 Å². The van der Waals surface area contributed by atoms with Crippen LogP contribution in [-0.4, -0.2) is 9.13 Å². The summed E-state index contributed by atoms with van der Waals surface area (Å²) in [6.07, 6.45) is 0. The zero-order valence-corrected chi connectivity index (χ0v) is 14.7. The van der Waals surface area contributed by atoms with E-state index in [0.29, 0.717) is 5.69 Å². The van der Waals surface area contributed by atoms with Crippen LogP contribution in [0.25, 0.3) is 0 Å². The van der Waals surface area contributed by atoms with Gasteiger partial charge in [-0.2, -0.15) is 0 Å². The molecule has 4 nitrogen and oxygen atoms in total. The van der Waals surface area contributed by atoms with Crippen LogP contribution in [0.1, 0.15) is 25.1 Å². The van der Waals surface area contributed by atoms with Gasteiger partial charge >= 0.3 is 5.69 Å². The highest BCUT2D eigenvalue weighted by Gasteiger charge is 2.18. The van der Waals surface area contributed by atoms with Crippen LogP contribution in [0.4, 0.5) is 8.78 Å². The molecule has 0 fully saturated rings. The van der Waals surface area contributed by atoms with Gasteiger partial charge in [0.05, 0.1) is 6.54 Å². The predicted molar refractivity (Wildman–Crippen MR) is 87.7 cm³/mol. The van der Waals surface area contributed by atoms with Crippen molar-refractivity contribution in [2.24, 2.45) is 5.92 Å². The summed E-state index contributed by atoms with van der Waals surface area (Å²) in [5.41, 5.74) is -0.888. The van der Waals surface area contributed by atoms with E-state index in [9.17, 15) is 18.4 Å². The highest BCUT2D eigenvalue weighted by Crippen LogP contribution is 2.16. The summed E-state index contributed by atoms with van der Waals surface area (Å²) in [6, 6.07) is 3.54. The first-order valence-corrected chi connectivity index (χ1v) is 7.96. The summed E-state index contributed by atoms with van der Waals surface area (Å²) < 4.78 is 30.2. The third kappa shape index (κ3) is 3.44. The molecule has 2 rings (SSSR count). The van der Waals surface area contributed by atoms with Crippen molar-refractivity contribution < 1.29 is 8.78 Å². The minimum absolute atomic E-state index is 0.0775. The SMILES string of the molecule is Cc1c(Br)c(=O)n(CC(C)C)c(=O)n1Cc1c(F)cccc1F. The Labute approximate surface area is 140 Å². The van der Waals surface area contributed by atoms with Crippen molar-refractivity contribution in [3.63, 3.8) is 0 Å². The Morgan fingerprint density at radius 2 is 1.70 bits per heavy atom. The van der Waals surface area contributed by atoms with Gasteiger partial charge in [0.2, 0.25) is 0 Å². The zero-order valence-electron chi connectivity index (χ0n) is 13.1. The van der Waals surface area contributed by atoms with Gasteiger partial charge in [-0.05, 0) is 40.9 Å². The van der Waals surface area contributed by atoms with Crippen LogP contribution >= 0.6 is 15.9 Å². The van der Waals surface area contributed by atoms with Gasteiger partial charge in [0.1, 0.15) is 16.1 Å². The van der Waals surface area contributed by atoms with Crippen molar-refractivity contribution in [2.75, 3.05) is 0 Å². The van der Waals surface area contributed by atoms with Crippen LogP contribution in [0.15, 0.2) is 32.3 Å². The molecular formula is C16H17BrF2N2O2. The first-order valence-electron chi connectivity index (χ1n) is 7.16. The molecule has 124 valence electrons. The molecule has 0 aliphatic carbocycles. The predicted octanol–water partition coefficient (Wildman–Crippen LogP) is 3.06. The molecule has 0 bridgehead atoms. The molecule has 0 amide bonds. The van der Waals surface area contributed by atoms with Crippen molar-refractivity contribution in [1.29, 1.82) is 0 Å². The molecule has 2 aromatic rings. The molecule has 0 saturated heterocycles. The zero-order chi connectivity index (χ0) is 17.3. The maximum atomic E-state index is 13.9. The molecule has 0 spiro atoms. The Kier molecular flexibility index (Phi) is 5.19. The maximum Gasteiger partial charge on any atom is 0.331 e. The van der Waals surface area contributed by atoms with Crippen LogP contribution in [0.5, 0.6) is 0 Å². The van der Waals surface area contributed by atoms with Crippen LogP contribution in [-0.2, 0) is 13.1 Å². The van der Waals surface area contributed by atoms with E-state index in [4.69, 9.17) is 0 Å². The maximum absolute atomic E-state index is 13.9. The molecule has 0 aliphatic heterocycles. The molecule has 0 radical (unpaired) electrons. The normalized spacial score (nSPS) is 11.3. The topological polar surface area (TPSA) is 44.0 Å². The van der Waals surface area contributed by atoms with Crippen LogP contribution in [0, 0.1) is 24.5 Å². The fraction of sp³-hybridized carbons (Fsp3) is 0.375. The fourth-order valence-electron chi connectivity index (χ4n) is 2.32. The summed E-state index contributed by atoms with van der Waals surface area (Å²) >= 11 is 3.17. The van der Waals surface area contributed by atoms with Gasteiger partial charge in [0, 0.05) is 17.8 Å². The quantitative estimate of drug-likeness (QED) is 0.810. The van der Waals surface area contributed by atoms with E-state index in [1.54, 1.807) is 6.92 Å². The van der Waals surface area contributed by atoms with Crippen molar-refractivity contribution >= 4 is 15.9 Å². The van der Waals surface area contributed by atoms with E-state index in [1.807, 2.05) is 13.8 Å². The lowest BCUT2D eigenvalue weighted by Gasteiger charge is -2.16. The summed E-state index contributed by atoms with van der Waals surface area (Å²) in [5.74, 6) is -1.38. The summed E-state index contributed by atoms with van der Waals surface area (Å²) in [6.45, 7) is 5.27. The molecule has 0 atom stereocenters. The number of aromatic nitrogens is 2. The Morgan fingerprint density at radius 3 is 2.22 bits per heavy atom. The second kappa shape index (κ2) is 6.78. The number of halogens is 3. The average Bonchev–Trinajstić information content (AvgIpc) is 2.48. The third-order valence-corrected chi connectivity index (χ3v) is 4.46. The summed E-state index contributed by atoms with van der Waals surface area (Å²) in [5, 5.41) is 0. The van der Waals surface area contributed by atoms with E-state index >= 15 is 0 Å². The molecule has 0 aliphatic rings. The van der Waals surface area contributed by atoms with Crippen LogP contribution < -0.4 is 11.2 Å². The van der Waals surface area contributed by atoms with E-state index in [-0.39, 0.29) is 29.0 Å². The average molecular weight is 387 g/mol. The van der Waals surface area contributed by atoms with Crippen molar-refractivity contribution in [3.05, 3.63) is 66.4 Å². The van der Waals surface area contributed by atoms with Crippen molar-refractivity contribution in [2.45, 2.75) is 33.9 Å². The van der Waals surface area contributed by atoms with Gasteiger partial charge in [-0.15, -0.1) is 0 Å². The number of benzene rings is 1. The van der Waals surface area contributed by atoms with Gasteiger partial charge in [-0.25, -0.2) is 13.6 Å². The Balaban J connectivity index is 2.66. The lowest BCUT2D eigenvalue weighted by atomic mass is 10.2. The van der Waals surface area contributed by atoms with E-state index in [2.05, 4.69) is 15.9 Å². The van der Waals surface area contributed by atoms with Crippen molar-refractivity contribution in [3.8, 4) is 0 Å². The Hall–Kier alpha value is -1.76. The van der Waals surface area contributed by atoms with E-state index < -0.39 is 22.9 Å². The minimum atomic E-state index is -0.728. The highest BCUT2D eigenvalue weighted by atomic mass is 79.9. The number of hydrogen-bond donors (Lipinski definition) is 0. The largest absolute Gasteiger partial charge is 0.331 e. The number of rotatable bonds is 4. The monoisotopic (exact) mass is 386 g/mol. The fourth-order valence-corrected chi connectivity index (χ4v) is 2.75. The molecule has 23 heavy (non-hydrogen) atoms. The van der Waals surface area contributed by atoms with E-state index in [0.717, 1.165) is 16.7 Å². The smallest absolute Gasteiger partial charge is 0.292 e. The van der Waals surface area contributed by atoms with Crippen molar-refractivity contribution in [1.82, 2.24) is 9.13 Å². The highest BCUT2D eigenvalue weighted by molar-refractivity contribution is 9.10. The second-order valence-corrected chi connectivity index (χ2v) is 6.57. The molecule has 0 unspecified atom stereocenters. The molecule has 1 aromatic heterocycles. The summed E-state index contributed by atoms with van der Waals surface area (Å²) in [4.78, 5) is 24.8. The van der Waals surface area contributed by atoms with Gasteiger partial charge in [-0.3, -0.25) is 13.9 Å². The lowest BCUT2D eigenvalue weighted by molar-refractivity contribution is 0.462. The number of nitrogens with zero attached hydrogens (tertiary/aromatic N) is 2. The third-order valence-electron chi connectivity index (χ3n) is 3.54. The lowest BCUT2D eigenvalue weighted by Crippen LogP contribution is -2.42. The molecule has 1 heterocycles. The van der Waals surface area contributed by atoms with E-state index in [1.165, 1.54) is 10.6 Å². The molecule has 0 saturated carbocycles. The Bertz CT molecular complexity index is 836. The summed E-state index contributed by atoms with van der Waals surface area (Å²) in [7, 11) is 0. The molecular weight excluding hydrogens is 370 g/mol. The molecule has 7 heteroatoms. The minimum Gasteiger partial charge on any atom is -0.292 e. The van der Waals surface area contributed by atoms with Gasteiger partial charge < -0.3 is 0 Å². The van der Waals surface area contributed by atoms with Gasteiger partial charge in [0.25, 0.3) is 5.56 Å². The van der Waals surface area contributed by atoms with Gasteiger partial charge in [0.15, 0.2) is 0 Å². The number of hydrogen-bond acceptors (Lipinski definition) is 2. The second-order valence-electron chi connectivity index (χ2n) is 5.78. The molecule has 0 N–H and O–H groups in total. The Morgan fingerprint density at radius 1 is 1.13 bits per heavy atom. The van der Waals surface area contributed by atoms with Crippen LogP contribution in [0.3, 0.4) is 0 Å². The molecule has 1 aromatic carbocycles. The first-order chi connectivity index (χ1) is 10.7. The first kappa shape index (κ1) is 17.6.